The Morgan fingerprint density at radius 1 is 1.25 bits per heavy atom. The van der Waals surface area contributed by atoms with E-state index < -0.39 is 20.3 Å². The van der Waals surface area contributed by atoms with E-state index in [1.165, 1.54) is 0 Å². The Labute approximate surface area is 126 Å². The third kappa shape index (κ3) is 4.71. The highest BCUT2D eigenvalue weighted by Crippen LogP contribution is 2.41. The molecule has 0 spiro atoms. The minimum Gasteiger partial charge on any atom is -0.402 e. The highest BCUT2D eigenvalue weighted by atomic mass is 79.9. The van der Waals surface area contributed by atoms with Crippen molar-refractivity contribution in [3.05, 3.63) is 40.1 Å². The Hall–Kier alpha value is -1.23. The molecule has 1 aliphatic heterocycles. The highest BCUT2D eigenvalue weighted by molar-refractivity contribution is 9.10. The normalized spacial score (nSPS) is 18.5. The van der Waals surface area contributed by atoms with E-state index in [0.717, 1.165) is 10.0 Å². The first-order valence-corrected chi connectivity index (χ1v) is 7.90. The van der Waals surface area contributed by atoms with Gasteiger partial charge in [0.2, 0.25) is 0 Å². The Balaban J connectivity index is 2.06. The fourth-order valence-electron chi connectivity index (χ4n) is 1.59. The molecule has 106 valence electrons. The van der Waals surface area contributed by atoms with Crippen molar-refractivity contribution in [1.29, 1.82) is 0 Å². The van der Waals surface area contributed by atoms with Crippen molar-refractivity contribution in [2.75, 3.05) is 20.1 Å². The average molecular weight is 358 g/mol. The van der Waals surface area contributed by atoms with Crippen LogP contribution >= 0.6 is 24.3 Å². The topological polar surface area (TPSA) is 55.8 Å². The summed E-state index contributed by atoms with van der Waals surface area (Å²) in [6.07, 6.45) is 1.77. The number of carbonyl (C=O) groups is 2. The van der Waals surface area contributed by atoms with Gasteiger partial charge in [0.05, 0.1) is 13.1 Å². The first-order valence-electron chi connectivity index (χ1n) is 5.86. The van der Waals surface area contributed by atoms with Gasteiger partial charge in [0.15, 0.2) is 0 Å². The van der Waals surface area contributed by atoms with E-state index >= 15 is 0 Å². The summed E-state index contributed by atoms with van der Waals surface area (Å²) >= 11 is 3.37. The van der Waals surface area contributed by atoms with E-state index in [0.29, 0.717) is 0 Å². The van der Waals surface area contributed by atoms with Crippen molar-refractivity contribution in [3.63, 3.8) is 0 Å². The summed E-state index contributed by atoms with van der Waals surface area (Å²) in [5, 5.41) is 0. The van der Waals surface area contributed by atoms with Gasteiger partial charge in [0.25, 0.3) is 0 Å². The molecule has 5 nitrogen and oxygen atoms in total. The molecule has 0 aromatic heterocycles. The minimum atomic E-state index is -1.67. The van der Waals surface area contributed by atoms with E-state index in [2.05, 4.69) is 15.9 Å². The zero-order valence-electron chi connectivity index (χ0n) is 10.8. The third-order valence-electron chi connectivity index (χ3n) is 2.42. The largest absolute Gasteiger partial charge is 0.402 e. The predicted octanol–water partition coefficient (Wildman–Crippen LogP) is 2.76. The quantitative estimate of drug-likeness (QED) is 0.761. The van der Waals surface area contributed by atoms with Gasteiger partial charge in [-0.1, -0.05) is 28.1 Å². The number of likely N-dealkylation sites (N-methyl/N-ethyl adjacent to an activating group) is 1. The minimum absolute atomic E-state index is 0.0820. The zero-order valence-corrected chi connectivity index (χ0v) is 13.3. The molecule has 0 radical (unpaired) electrons. The molecular weight excluding hydrogens is 345 g/mol. The van der Waals surface area contributed by atoms with Crippen LogP contribution in [0.4, 0.5) is 0 Å². The maximum Gasteiger partial charge on any atom is 0.325 e. The van der Waals surface area contributed by atoms with Crippen LogP contribution in [0.15, 0.2) is 34.6 Å². The number of halogens is 1. The second-order valence-electron chi connectivity index (χ2n) is 4.25. The molecule has 1 heterocycles. The molecule has 20 heavy (non-hydrogen) atoms. The Morgan fingerprint density at radius 3 is 2.50 bits per heavy atom. The summed E-state index contributed by atoms with van der Waals surface area (Å²) in [6.45, 7) is 0.164. The van der Waals surface area contributed by atoms with Crippen LogP contribution in [0.25, 0.3) is 6.08 Å². The number of hydrogen-bond acceptors (Lipinski definition) is 5. The van der Waals surface area contributed by atoms with Crippen LogP contribution in [-0.2, 0) is 18.6 Å². The van der Waals surface area contributed by atoms with Crippen molar-refractivity contribution in [3.8, 4) is 0 Å². The van der Waals surface area contributed by atoms with E-state index in [1.807, 2.05) is 24.3 Å². The molecule has 0 unspecified atom stereocenters. The maximum atomic E-state index is 11.5. The average Bonchev–Trinajstić information content (AvgIpc) is 2.34. The van der Waals surface area contributed by atoms with E-state index in [9.17, 15) is 9.59 Å². The number of carbonyl (C=O) groups excluding carboxylic acids is 2. The number of hydrogen-bond donors (Lipinski definition) is 0. The molecule has 1 aromatic rings. The fraction of sp³-hybridized carbons (Fsp3) is 0.231. The number of benzene rings is 1. The van der Waals surface area contributed by atoms with E-state index in [1.54, 1.807) is 23.8 Å². The van der Waals surface area contributed by atoms with Gasteiger partial charge >= 0.3 is 20.3 Å². The van der Waals surface area contributed by atoms with Crippen molar-refractivity contribution in [1.82, 2.24) is 4.90 Å². The van der Waals surface area contributed by atoms with Crippen LogP contribution < -0.4 is 0 Å². The second kappa shape index (κ2) is 6.97. The Morgan fingerprint density at radius 2 is 1.90 bits per heavy atom. The summed E-state index contributed by atoms with van der Waals surface area (Å²) in [5.41, 5.74) is 0.924. The summed E-state index contributed by atoms with van der Waals surface area (Å²) < 4.78 is 11.2. The van der Waals surface area contributed by atoms with Crippen LogP contribution in [0.2, 0.25) is 0 Å². The predicted molar refractivity (Wildman–Crippen MR) is 79.8 cm³/mol. The molecule has 0 amide bonds. The SMILES string of the molecule is CN1CC(=O)OP(/C=C/c2cccc(Br)c2)OC(=O)C1. The van der Waals surface area contributed by atoms with E-state index in [-0.39, 0.29) is 13.1 Å². The summed E-state index contributed by atoms with van der Waals surface area (Å²) in [7, 11) is -0.00791. The summed E-state index contributed by atoms with van der Waals surface area (Å²) in [6, 6.07) is 7.61. The first-order chi connectivity index (χ1) is 9.52. The maximum absolute atomic E-state index is 11.5. The molecule has 0 atom stereocenters. The number of nitrogens with zero attached hydrogens (tertiary/aromatic N) is 1. The lowest BCUT2D eigenvalue weighted by Gasteiger charge is -2.21. The lowest BCUT2D eigenvalue weighted by Crippen LogP contribution is -2.34. The van der Waals surface area contributed by atoms with Crippen LogP contribution in [0.3, 0.4) is 0 Å². The van der Waals surface area contributed by atoms with Crippen molar-refractivity contribution in [2.24, 2.45) is 0 Å². The van der Waals surface area contributed by atoms with Crippen LogP contribution in [0.5, 0.6) is 0 Å². The highest BCUT2D eigenvalue weighted by Gasteiger charge is 2.24. The number of rotatable bonds is 2. The van der Waals surface area contributed by atoms with Gasteiger partial charge in [-0.15, -0.1) is 0 Å². The molecule has 1 aromatic carbocycles. The van der Waals surface area contributed by atoms with Gasteiger partial charge in [0, 0.05) is 10.3 Å². The van der Waals surface area contributed by atoms with E-state index in [4.69, 9.17) is 9.05 Å². The van der Waals surface area contributed by atoms with Gasteiger partial charge in [-0.05, 0) is 30.8 Å². The standard InChI is InChI=1S/C13H13BrNO4P/c1-15-8-12(16)18-20(19-13(17)9-15)6-5-10-3-2-4-11(14)7-10/h2-7H,8-9H2,1H3/b6-5+. The monoisotopic (exact) mass is 357 g/mol. The third-order valence-corrected chi connectivity index (χ3v) is 4.07. The lowest BCUT2D eigenvalue weighted by atomic mass is 10.2. The molecule has 2 rings (SSSR count). The summed E-state index contributed by atoms with van der Waals surface area (Å²) in [5.74, 6) is 0.813. The van der Waals surface area contributed by atoms with Gasteiger partial charge in [-0.2, -0.15) is 0 Å². The fourth-order valence-corrected chi connectivity index (χ4v) is 2.98. The van der Waals surface area contributed by atoms with Crippen molar-refractivity contribution in [2.45, 2.75) is 0 Å². The van der Waals surface area contributed by atoms with Crippen LogP contribution in [0.1, 0.15) is 5.56 Å². The van der Waals surface area contributed by atoms with Gasteiger partial charge < -0.3 is 9.05 Å². The Kier molecular flexibility index (Phi) is 5.29. The molecule has 1 saturated heterocycles. The van der Waals surface area contributed by atoms with Gasteiger partial charge in [0.1, 0.15) is 0 Å². The van der Waals surface area contributed by atoms with Crippen LogP contribution in [0, 0.1) is 0 Å². The van der Waals surface area contributed by atoms with Crippen molar-refractivity contribution >= 4 is 42.3 Å². The molecule has 1 fully saturated rings. The van der Waals surface area contributed by atoms with Crippen LogP contribution in [-0.4, -0.2) is 37.0 Å². The lowest BCUT2D eigenvalue weighted by molar-refractivity contribution is -0.142. The molecule has 7 heteroatoms. The smallest absolute Gasteiger partial charge is 0.325 e. The summed E-state index contributed by atoms with van der Waals surface area (Å²) in [4.78, 5) is 24.6. The molecular formula is C13H13BrNO4P. The molecule has 0 saturated carbocycles. The molecule has 0 bridgehead atoms. The first kappa shape index (κ1) is 15.2. The molecule has 0 aliphatic carbocycles. The van der Waals surface area contributed by atoms with Gasteiger partial charge in [-0.25, -0.2) is 0 Å². The zero-order chi connectivity index (χ0) is 14.5. The van der Waals surface area contributed by atoms with Crippen molar-refractivity contribution < 1.29 is 18.6 Å². The molecule has 1 aliphatic rings. The Bertz CT molecular complexity index is 529. The molecule has 0 N–H and O–H groups in total. The second-order valence-corrected chi connectivity index (χ2v) is 6.40. The van der Waals surface area contributed by atoms with Gasteiger partial charge in [-0.3, -0.25) is 14.5 Å².